The van der Waals surface area contributed by atoms with Crippen LogP contribution in [0.4, 0.5) is 0 Å². The largest absolute Gasteiger partial charge is 0.497 e. The van der Waals surface area contributed by atoms with E-state index >= 15 is 0 Å². The van der Waals surface area contributed by atoms with E-state index in [0.717, 1.165) is 22.4 Å². The van der Waals surface area contributed by atoms with E-state index in [1.807, 2.05) is 57.2 Å². The minimum absolute atomic E-state index is 0.191. The lowest BCUT2D eigenvalue weighted by atomic mass is 10.1. The molecule has 1 N–H and O–H groups in total. The van der Waals surface area contributed by atoms with Crippen LogP contribution >= 0.6 is 0 Å². The summed E-state index contributed by atoms with van der Waals surface area (Å²) in [6, 6.07) is 11.1. The molecule has 2 aromatic carbocycles. The third-order valence-electron chi connectivity index (χ3n) is 4.49. The van der Waals surface area contributed by atoms with E-state index in [4.69, 9.17) is 14.2 Å². The van der Waals surface area contributed by atoms with E-state index in [1.165, 1.54) is 0 Å². The molecule has 2 aromatic rings. The molecule has 0 heterocycles. The number of carbonyl (C=O) groups is 1. The molecule has 2 rings (SSSR count). The maximum atomic E-state index is 12.6. The van der Waals surface area contributed by atoms with E-state index in [9.17, 15) is 4.79 Å². The SMILES string of the molecule is COc1ccc(OC)c(C(C)NC(=O)C(C)Oc2cccc(C)c2C)c1. The summed E-state index contributed by atoms with van der Waals surface area (Å²) in [6.45, 7) is 7.65. The molecule has 2 atom stereocenters. The Balaban J connectivity index is 2.10. The molecule has 0 aromatic heterocycles. The van der Waals surface area contributed by atoms with Crippen molar-refractivity contribution in [3.05, 3.63) is 53.1 Å². The molecule has 26 heavy (non-hydrogen) atoms. The summed E-state index contributed by atoms with van der Waals surface area (Å²) < 4.78 is 16.5. The second-order valence-corrected chi connectivity index (χ2v) is 6.30. The van der Waals surface area contributed by atoms with Crippen molar-refractivity contribution < 1.29 is 19.0 Å². The number of aryl methyl sites for hydroxylation is 1. The van der Waals surface area contributed by atoms with Crippen LogP contribution in [0, 0.1) is 13.8 Å². The summed E-state index contributed by atoms with van der Waals surface area (Å²) >= 11 is 0. The lowest BCUT2D eigenvalue weighted by Gasteiger charge is -2.21. The summed E-state index contributed by atoms with van der Waals surface area (Å²) in [5.41, 5.74) is 3.01. The molecular weight excluding hydrogens is 330 g/mol. The predicted octanol–water partition coefficient (Wildman–Crippen LogP) is 3.97. The van der Waals surface area contributed by atoms with Gasteiger partial charge in [-0.15, -0.1) is 0 Å². The zero-order valence-corrected chi connectivity index (χ0v) is 16.3. The number of ether oxygens (including phenoxy) is 3. The fourth-order valence-electron chi connectivity index (χ4n) is 2.68. The van der Waals surface area contributed by atoms with Gasteiger partial charge in [-0.25, -0.2) is 0 Å². The van der Waals surface area contributed by atoms with E-state index in [0.29, 0.717) is 11.5 Å². The number of benzene rings is 2. The Morgan fingerprint density at radius 1 is 1.00 bits per heavy atom. The number of hydrogen-bond donors (Lipinski definition) is 1. The van der Waals surface area contributed by atoms with Crippen LogP contribution in [0.1, 0.15) is 36.6 Å². The topological polar surface area (TPSA) is 56.8 Å². The lowest BCUT2D eigenvalue weighted by molar-refractivity contribution is -0.127. The van der Waals surface area contributed by atoms with Crippen molar-refractivity contribution in [3.63, 3.8) is 0 Å². The van der Waals surface area contributed by atoms with Gasteiger partial charge < -0.3 is 19.5 Å². The molecule has 0 aliphatic carbocycles. The highest BCUT2D eigenvalue weighted by atomic mass is 16.5. The molecule has 2 unspecified atom stereocenters. The summed E-state index contributed by atoms with van der Waals surface area (Å²) in [6.07, 6.45) is -0.616. The van der Waals surface area contributed by atoms with Gasteiger partial charge in [-0.3, -0.25) is 4.79 Å². The molecule has 0 saturated carbocycles. The highest BCUT2D eigenvalue weighted by Crippen LogP contribution is 2.29. The lowest BCUT2D eigenvalue weighted by Crippen LogP contribution is -2.38. The van der Waals surface area contributed by atoms with Crippen molar-refractivity contribution in [2.45, 2.75) is 39.8 Å². The van der Waals surface area contributed by atoms with Crippen molar-refractivity contribution in [3.8, 4) is 17.2 Å². The summed E-state index contributed by atoms with van der Waals surface area (Å²) in [5, 5.41) is 2.98. The van der Waals surface area contributed by atoms with Gasteiger partial charge in [-0.1, -0.05) is 12.1 Å². The Bertz CT molecular complexity index is 773. The second kappa shape index (κ2) is 8.61. The molecule has 0 saturated heterocycles. The Labute approximate surface area is 155 Å². The summed E-state index contributed by atoms with van der Waals surface area (Å²) in [5.74, 6) is 1.94. The normalized spacial score (nSPS) is 12.8. The molecule has 1 amide bonds. The Hall–Kier alpha value is -2.69. The van der Waals surface area contributed by atoms with Crippen LogP contribution in [0.2, 0.25) is 0 Å². The number of amides is 1. The number of carbonyl (C=O) groups excluding carboxylic acids is 1. The first-order chi connectivity index (χ1) is 12.4. The molecule has 0 fully saturated rings. The first-order valence-corrected chi connectivity index (χ1v) is 8.62. The van der Waals surface area contributed by atoms with Crippen molar-refractivity contribution >= 4 is 5.91 Å². The second-order valence-electron chi connectivity index (χ2n) is 6.30. The van der Waals surface area contributed by atoms with Gasteiger partial charge in [0.1, 0.15) is 17.2 Å². The minimum Gasteiger partial charge on any atom is -0.497 e. The first kappa shape index (κ1) is 19.6. The zero-order valence-electron chi connectivity index (χ0n) is 16.3. The molecule has 0 aliphatic rings. The molecule has 5 heteroatoms. The van der Waals surface area contributed by atoms with Gasteiger partial charge >= 0.3 is 0 Å². The maximum absolute atomic E-state index is 12.6. The maximum Gasteiger partial charge on any atom is 0.261 e. The van der Waals surface area contributed by atoms with Crippen molar-refractivity contribution in [2.24, 2.45) is 0 Å². The quantitative estimate of drug-likeness (QED) is 0.815. The van der Waals surface area contributed by atoms with Crippen molar-refractivity contribution in [2.75, 3.05) is 14.2 Å². The van der Waals surface area contributed by atoms with E-state index in [1.54, 1.807) is 21.1 Å². The van der Waals surface area contributed by atoms with Crippen LogP contribution in [0.5, 0.6) is 17.2 Å². The zero-order chi connectivity index (χ0) is 19.3. The third-order valence-corrected chi connectivity index (χ3v) is 4.49. The van der Waals surface area contributed by atoms with E-state index in [-0.39, 0.29) is 11.9 Å². The highest BCUT2D eigenvalue weighted by molar-refractivity contribution is 5.81. The molecule has 0 aliphatic heterocycles. The Morgan fingerprint density at radius 2 is 1.73 bits per heavy atom. The van der Waals surface area contributed by atoms with Gasteiger partial charge in [0.15, 0.2) is 6.10 Å². The van der Waals surface area contributed by atoms with Crippen LogP contribution in [0.25, 0.3) is 0 Å². The van der Waals surface area contributed by atoms with Crippen molar-refractivity contribution in [1.29, 1.82) is 0 Å². The van der Waals surface area contributed by atoms with Crippen LogP contribution in [-0.2, 0) is 4.79 Å². The van der Waals surface area contributed by atoms with Gasteiger partial charge in [-0.2, -0.15) is 0 Å². The monoisotopic (exact) mass is 357 g/mol. The summed E-state index contributed by atoms with van der Waals surface area (Å²) in [7, 11) is 3.21. The molecular formula is C21H27NO4. The first-order valence-electron chi connectivity index (χ1n) is 8.62. The number of hydrogen-bond acceptors (Lipinski definition) is 4. The van der Waals surface area contributed by atoms with Crippen molar-refractivity contribution in [1.82, 2.24) is 5.32 Å². The fourth-order valence-corrected chi connectivity index (χ4v) is 2.68. The third kappa shape index (κ3) is 4.48. The minimum atomic E-state index is -0.616. The Kier molecular flexibility index (Phi) is 6.50. The molecule has 140 valence electrons. The predicted molar refractivity (Wildman–Crippen MR) is 102 cm³/mol. The standard InChI is InChI=1S/C21H27NO4/c1-13-8-7-9-19(14(13)2)26-16(4)21(23)22-15(3)18-12-17(24-5)10-11-20(18)25-6/h7-12,15-16H,1-6H3,(H,22,23). The number of nitrogens with one attached hydrogen (secondary N) is 1. The van der Waals surface area contributed by atoms with Crippen LogP contribution in [-0.4, -0.2) is 26.2 Å². The van der Waals surface area contributed by atoms with Crippen LogP contribution < -0.4 is 19.5 Å². The van der Waals surface area contributed by atoms with Crippen LogP contribution in [0.3, 0.4) is 0 Å². The van der Waals surface area contributed by atoms with Crippen LogP contribution in [0.15, 0.2) is 36.4 Å². The van der Waals surface area contributed by atoms with Gasteiger partial charge in [0.05, 0.1) is 20.3 Å². The average Bonchev–Trinajstić information content (AvgIpc) is 2.64. The number of rotatable bonds is 7. The molecule has 0 spiro atoms. The van der Waals surface area contributed by atoms with E-state index in [2.05, 4.69) is 5.32 Å². The van der Waals surface area contributed by atoms with E-state index < -0.39 is 6.10 Å². The number of methoxy groups -OCH3 is 2. The van der Waals surface area contributed by atoms with Gasteiger partial charge in [0.25, 0.3) is 5.91 Å². The van der Waals surface area contributed by atoms with Gasteiger partial charge in [-0.05, 0) is 63.1 Å². The molecule has 0 radical (unpaired) electrons. The average molecular weight is 357 g/mol. The summed E-state index contributed by atoms with van der Waals surface area (Å²) in [4.78, 5) is 12.6. The van der Waals surface area contributed by atoms with Gasteiger partial charge in [0.2, 0.25) is 0 Å². The molecule has 5 nitrogen and oxygen atoms in total. The fraction of sp³-hybridized carbons (Fsp3) is 0.381. The molecule has 0 bridgehead atoms. The smallest absolute Gasteiger partial charge is 0.261 e. The Morgan fingerprint density at radius 3 is 2.38 bits per heavy atom. The highest BCUT2D eigenvalue weighted by Gasteiger charge is 2.21. The van der Waals surface area contributed by atoms with Gasteiger partial charge in [0, 0.05) is 5.56 Å².